The molecule has 1 aliphatic rings. The van der Waals surface area contributed by atoms with Gasteiger partial charge in [-0.1, -0.05) is 30.3 Å². The van der Waals surface area contributed by atoms with Crippen LogP contribution in [0.3, 0.4) is 0 Å². The molecule has 2 nitrogen and oxygen atoms in total. The van der Waals surface area contributed by atoms with Gasteiger partial charge in [0.1, 0.15) is 0 Å². The molecule has 0 bridgehead atoms. The number of likely N-dealkylation sites (tertiary alicyclic amines) is 1. The van der Waals surface area contributed by atoms with E-state index in [2.05, 4.69) is 47.6 Å². The highest BCUT2D eigenvalue weighted by Gasteiger charge is 2.18. The van der Waals surface area contributed by atoms with E-state index in [1.54, 1.807) is 0 Å². The lowest BCUT2D eigenvalue weighted by molar-refractivity contribution is 0.175. The van der Waals surface area contributed by atoms with Gasteiger partial charge in [0, 0.05) is 13.1 Å². The van der Waals surface area contributed by atoms with Gasteiger partial charge in [0.05, 0.1) is 0 Å². The Kier molecular flexibility index (Phi) is 7.33. The molecular formula is C15H25ClN2. The van der Waals surface area contributed by atoms with E-state index in [1.165, 1.54) is 51.0 Å². The van der Waals surface area contributed by atoms with Gasteiger partial charge in [-0.15, -0.1) is 12.4 Å². The molecule has 1 atom stereocenters. The number of nitrogens with zero attached hydrogens (tertiary/aromatic N) is 1. The number of hydrogen-bond donors (Lipinski definition) is 1. The van der Waals surface area contributed by atoms with Gasteiger partial charge in [0.2, 0.25) is 0 Å². The van der Waals surface area contributed by atoms with Gasteiger partial charge in [-0.3, -0.25) is 0 Å². The smallest absolute Gasteiger partial charge is 0.00219 e. The first-order valence-electron chi connectivity index (χ1n) is 6.79. The van der Waals surface area contributed by atoms with E-state index < -0.39 is 0 Å². The quantitative estimate of drug-likeness (QED) is 0.883. The Hall–Kier alpha value is -0.570. The summed E-state index contributed by atoms with van der Waals surface area (Å²) in [4.78, 5) is 2.62. The Morgan fingerprint density at radius 3 is 2.78 bits per heavy atom. The standard InChI is InChI=1S/C15H24N2.ClH/c1-16-12-15-8-5-10-17(13-15)11-9-14-6-3-2-4-7-14;/h2-4,6-7,15-16H,5,8-13H2,1H3;1H. The van der Waals surface area contributed by atoms with Crippen LogP contribution in [-0.2, 0) is 6.42 Å². The molecule has 102 valence electrons. The van der Waals surface area contributed by atoms with Crippen molar-refractivity contribution in [3.8, 4) is 0 Å². The monoisotopic (exact) mass is 268 g/mol. The highest BCUT2D eigenvalue weighted by molar-refractivity contribution is 5.85. The average molecular weight is 269 g/mol. The molecule has 0 radical (unpaired) electrons. The van der Waals surface area contributed by atoms with Crippen LogP contribution in [0, 0.1) is 5.92 Å². The fraction of sp³-hybridized carbons (Fsp3) is 0.600. The summed E-state index contributed by atoms with van der Waals surface area (Å²) in [6.07, 6.45) is 3.94. The molecule has 1 heterocycles. The number of halogens is 1. The molecule has 1 saturated heterocycles. The second-order valence-electron chi connectivity index (χ2n) is 5.10. The number of rotatable bonds is 5. The number of piperidine rings is 1. The van der Waals surface area contributed by atoms with Gasteiger partial charge >= 0.3 is 0 Å². The Morgan fingerprint density at radius 2 is 2.06 bits per heavy atom. The second-order valence-corrected chi connectivity index (χ2v) is 5.10. The summed E-state index contributed by atoms with van der Waals surface area (Å²) in [5, 5.41) is 3.31. The average Bonchev–Trinajstić information content (AvgIpc) is 2.39. The Bertz CT molecular complexity index is 314. The molecule has 1 unspecified atom stereocenters. The second kappa shape index (κ2) is 8.52. The normalized spacial score (nSPS) is 20.4. The van der Waals surface area contributed by atoms with Crippen molar-refractivity contribution < 1.29 is 0 Å². The van der Waals surface area contributed by atoms with Crippen molar-refractivity contribution in [2.75, 3.05) is 33.2 Å². The van der Waals surface area contributed by atoms with Crippen LogP contribution in [-0.4, -0.2) is 38.1 Å². The van der Waals surface area contributed by atoms with Crippen LogP contribution in [0.25, 0.3) is 0 Å². The zero-order valence-electron chi connectivity index (χ0n) is 11.3. The van der Waals surface area contributed by atoms with Gasteiger partial charge in [-0.2, -0.15) is 0 Å². The molecule has 0 aromatic heterocycles. The van der Waals surface area contributed by atoms with E-state index in [-0.39, 0.29) is 12.4 Å². The molecule has 3 heteroatoms. The largest absolute Gasteiger partial charge is 0.319 e. The fourth-order valence-corrected chi connectivity index (χ4v) is 2.74. The summed E-state index contributed by atoms with van der Waals surface area (Å²) in [6.45, 7) is 4.94. The number of nitrogens with one attached hydrogen (secondary N) is 1. The van der Waals surface area contributed by atoms with Gasteiger partial charge in [0.15, 0.2) is 0 Å². The van der Waals surface area contributed by atoms with Crippen molar-refractivity contribution in [2.45, 2.75) is 19.3 Å². The third kappa shape index (κ3) is 4.97. The maximum atomic E-state index is 3.31. The van der Waals surface area contributed by atoms with Gasteiger partial charge in [-0.05, 0) is 50.9 Å². The lowest BCUT2D eigenvalue weighted by Crippen LogP contribution is -2.39. The highest BCUT2D eigenvalue weighted by Crippen LogP contribution is 2.16. The molecule has 2 rings (SSSR count). The third-order valence-electron chi connectivity index (χ3n) is 3.66. The van der Waals surface area contributed by atoms with E-state index in [9.17, 15) is 0 Å². The zero-order valence-corrected chi connectivity index (χ0v) is 12.1. The summed E-state index contributed by atoms with van der Waals surface area (Å²) >= 11 is 0. The minimum atomic E-state index is 0. The molecule has 0 spiro atoms. The van der Waals surface area contributed by atoms with E-state index in [4.69, 9.17) is 0 Å². The maximum Gasteiger partial charge on any atom is 0.00219 e. The molecule has 1 fully saturated rings. The maximum absolute atomic E-state index is 3.31. The lowest BCUT2D eigenvalue weighted by Gasteiger charge is -2.32. The van der Waals surface area contributed by atoms with Gasteiger partial charge < -0.3 is 10.2 Å². The molecule has 1 aromatic carbocycles. The first kappa shape index (κ1) is 15.5. The summed E-state index contributed by atoms with van der Waals surface area (Å²) < 4.78 is 0. The van der Waals surface area contributed by atoms with Crippen molar-refractivity contribution in [3.63, 3.8) is 0 Å². The van der Waals surface area contributed by atoms with E-state index in [1.807, 2.05) is 0 Å². The summed E-state index contributed by atoms with van der Waals surface area (Å²) in [5.74, 6) is 0.851. The van der Waals surface area contributed by atoms with Crippen LogP contribution in [0.4, 0.5) is 0 Å². The number of hydrogen-bond acceptors (Lipinski definition) is 2. The topological polar surface area (TPSA) is 15.3 Å². The van der Waals surface area contributed by atoms with Crippen LogP contribution >= 0.6 is 12.4 Å². The van der Waals surface area contributed by atoms with Crippen molar-refractivity contribution >= 4 is 12.4 Å². The summed E-state index contributed by atoms with van der Waals surface area (Å²) in [5.41, 5.74) is 1.46. The molecule has 0 saturated carbocycles. The van der Waals surface area contributed by atoms with Crippen LogP contribution in [0.15, 0.2) is 30.3 Å². The first-order valence-corrected chi connectivity index (χ1v) is 6.79. The highest BCUT2D eigenvalue weighted by atomic mass is 35.5. The summed E-state index contributed by atoms with van der Waals surface area (Å²) in [7, 11) is 2.06. The predicted molar refractivity (Wildman–Crippen MR) is 80.5 cm³/mol. The third-order valence-corrected chi connectivity index (χ3v) is 3.66. The Morgan fingerprint density at radius 1 is 1.28 bits per heavy atom. The van der Waals surface area contributed by atoms with Crippen LogP contribution in [0.5, 0.6) is 0 Å². The molecule has 18 heavy (non-hydrogen) atoms. The minimum absolute atomic E-state index is 0. The molecule has 0 aliphatic carbocycles. The predicted octanol–water partition coefficient (Wildman–Crippen LogP) is 2.58. The van der Waals surface area contributed by atoms with Crippen molar-refractivity contribution in [2.24, 2.45) is 5.92 Å². The van der Waals surface area contributed by atoms with Crippen molar-refractivity contribution in [1.82, 2.24) is 10.2 Å². The zero-order chi connectivity index (χ0) is 11.9. The Balaban J connectivity index is 0.00000162. The van der Waals surface area contributed by atoms with Crippen molar-refractivity contribution in [3.05, 3.63) is 35.9 Å². The van der Waals surface area contributed by atoms with Gasteiger partial charge in [-0.25, -0.2) is 0 Å². The van der Waals surface area contributed by atoms with Crippen LogP contribution < -0.4 is 5.32 Å². The SMILES string of the molecule is CNCC1CCCN(CCc2ccccc2)C1.Cl. The molecule has 1 aliphatic heterocycles. The number of benzene rings is 1. The van der Waals surface area contributed by atoms with Gasteiger partial charge in [0.25, 0.3) is 0 Å². The summed E-state index contributed by atoms with van der Waals surface area (Å²) in [6, 6.07) is 10.8. The molecule has 1 aromatic rings. The fourth-order valence-electron chi connectivity index (χ4n) is 2.74. The van der Waals surface area contributed by atoms with E-state index >= 15 is 0 Å². The minimum Gasteiger partial charge on any atom is -0.319 e. The van der Waals surface area contributed by atoms with Crippen LogP contribution in [0.2, 0.25) is 0 Å². The van der Waals surface area contributed by atoms with Crippen LogP contribution in [0.1, 0.15) is 18.4 Å². The Labute approximate surface area is 117 Å². The molecular weight excluding hydrogens is 244 g/mol. The molecule has 1 N–H and O–H groups in total. The molecule has 0 amide bonds. The van der Waals surface area contributed by atoms with Crippen molar-refractivity contribution in [1.29, 1.82) is 0 Å². The van der Waals surface area contributed by atoms with E-state index in [0.717, 1.165) is 5.92 Å². The first-order chi connectivity index (χ1) is 8.38. The van der Waals surface area contributed by atoms with E-state index in [0.29, 0.717) is 0 Å². The lowest BCUT2D eigenvalue weighted by atomic mass is 9.97.